The van der Waals surface area contributed by atoms with Crippen LogP contribution in [0.3, 0.4) is 0 Å². The van der Waals surface area contributed by atoms with Gasteiger partial charge in [0, 0.05) is 54.1 Å². The molecule has 0 bridgehead atoms. The topological polar surface area (TPSA) is 98.3 Å². The van der Waals surface area contributed by atoms with Crippen molar-refractivity contribution in [1.82, 2.24) is 9.78 Å². The maximum Gasteiger partial charge on any atom is 0.279 e. The van der Waals surface area contributed by atoms with E-state index < -0.39 is 15.9 Å². The molecular weight excluding hydrogens is 472 g/mol. The highest BCUT2D eigenvalue weighted by Gasteiger charge is 2.32. The lowest BCUT2D eigenvalue weighted by molar-refractivity contribution is 0.0946. The van der Waals surface area contributed by atoms with Crippen molar-refractivity contribution in [1.29, 1.82) is 0 Å². The molecule has 0 fully saturated rings. The first kappa shape index (κ1) is 23.5. The van der Waals surface area contributed by atoms with Crippen molar-refractivity contribution in [2.24, 2.45) is 5.14 Å². The second-order valence-corrected chi connectivity index (χ2v) is 10.1. The molecule has 0 unspecified atom stereocenters. The van der Waals surface area contributed by atoms with Crippen LogP contribution < -0.4 is 10.0 Å². The molecule has 36 heavy (non-hydrogen) atoms. The van der Waals surface area contributed by atoms with Crippen LogP contribution in [0.1, 0.15) is 10.4 Å². The minimum absolute atomic E-state index is 0.0948. The molecule has 0 aliphatic heterocycles. The Morgan fingerprint density at radius 2 is 1.44 bits per heavy atom. The smallest absolute Gasteiger partial charge is 0.279 e. The monoisotopic (exact) mass is 496 g/mol. The van der Waals surface area contributed by atoms with Crippen LogP contribution in [0.15, 0.2) is 102 Å². The molecule has 0 amide bonds. The van der Waals surface area contributed by atoms with Crippen molar-refractivity contribution in [2.75, 3.05) is 19.0 Å². The van der Waals surface area contributed by atoms with Gasteiger partial charge in [0.1, 0.15) is 0 Å². The summed E-state index contributed by atoms with van der Waals surface area (Å²) >= 11 is 0. The Kier molecular flexibility index (Phi) is 5.91. The van der Waals surface area contributed by atoms with Gasteiger partial charge in [-0.15, -0.1) is 0 Å². The van der Waals surface area contributed by atoms with E-state index in [9.17, 15) is 13.2 Å². The molecular formula is C28H24N4O3S. The van der Waals surface area contributed by atoms with E-state index in [0.717, 1.165) is 11.3 Å². The predicted molar refractivity (Wildman–Crippen MR) is 142 cm³/mol. The van der Waals surface area contributed by atoms with E-state index in [4.69, 9.17) is 5.14 Å². The van der Waals surface area contributed by atoms with Gasteiger partial charge in [-0.2, -0.15) is 5.10 Å². The fourth-order valence-electron chi connectivity index (χ4n) is 4.65. The highest BCUT2D eigenvalue weighted by atomic mass is 32.2. The molecule has 0 saturated heterocycles. The van der Waals surface area contributed by atoms with Crippen LogP contribution in [0.25, 0.3) is 33.0 Å². The highest BCUT2D eigenvalue weighted by molar-refractivity contribution is 7.89. The van der Waals surface area contributed by atoms with Crippen molar-refractivity contribution in [3.63, 3.8) is 0 Å². The number of benzene rings is 4. The Morgan fingerprint density at radius 1 is 0.833 bits per heavy atom. The number of primary sulfonamides is 1. The number of sulfonamides is 1. The van der Waals surface area contributed by atoms with Crippen LogP contribution in [0.4, 0.5) is 5.69 Å². The van der Waals surface area contributed by atoms with E-state index in [0.29, 0.717) is 21.9 Å². The zero-order valence-electron chi connectivity index (χ0n) is 19.8. The molecule has 1 aromatic heterocycles. The Labute approximate surface area is 209 Å². The number of carbonyl (C=O) groups excluding carboxylic acids is 1. The second kappa shape index (κ2) is 9.07. The maximum absolute atomic E-state index is 14.2. The van der Waals surface area contributed by atoms with E-state index in [1.807, 2.05) is 61.5 Å². The number of carbonyl (C=O) groups is 1. The number of fused-ring (bicyclic) bond motifs is 1. The zero-order chi connectivity index (χ0) is 25.4. The lowest BCUT2D eigenvalue weighted by Crippen LogP contribution is -2.21. The lowest BCUT2D eigenvalue weighted by Gasteiger charge is -2.25. The van der Waals surface area contributed by atoms with Crippen LogP contribution in [0.2, 0.25) is 0 Å². The largest absolute Gasteiger partial charge is 0.377 e. The standard InChI is InChI=1S/C28H24N4O3S/c1-31(2)22-16-9-15-21-25(22)23(19-11-5-3-6-12-19)26(28(33)32-18-10-17-30-32)24(27(21)36(29,34)35)20-13-7-4-8-14-20/h3-18H,1-2H3,(H2,29,34,35). The quantitative estimate of drug-likeness (QED) is 0.378. The van der Waals surface area contributed by atoms with Gasteiger partial charge in [-0.05, 0) is 23.3 Å². The summed E-state index contributed by atoms with van der Waals surface area (Å²) in [5.74, 6) is -0.460. The van der Waals surface area contributed by atoms with Gasteiger partial charge >= 0.3 is 0 Å². The van der Waals surface area contributed by atoms with E-state index in [2.05, 4.69) is 5.10 Å². The fraction of sp³-hybridized carbons (Fsp3) is 0.0714. The van der Waals surface area contributed by atoms with Crippen LogP contribution >= 0.6 is 0 Å². The Bertz CT molecular complexity index is 1680. The van der Waals surface area contributed by atoms with Crippen LogP contribution in [0, 0.1) is 0 Å². The van der Waals surface area contributed by atoms with E-state index in [-0.39, 0.29) is 16.0 Å². The summed E-state index contributed by atoms with van der Waals surface area (Å²) in [5, 5.41) is 11.1. The lowest BCUT2D eigenvalue weighted by atomic mass is 9.85. The molecule has 5 rings (SSSR count). The number of rotatable bonds is 5. The number of nitrogens with two attached hydrogens (primary N) is 1. The van der Waals surface area contributed by atoms with Gasteiger partial charge in [0.15, 0.2) is 0 Å². The first-order valence-corrected chi connectivity index (χ1v) is 12.8. The summed E-state index contributed by atoms with van der Waals surface area (Å²) in [6.07, 6.45) is 3.06. The van der Waals surface area contributed by atoms with Gasteiger partial charge in [-0.25, -0.2) is 18.2 Å². The van der Waals surface area contributed by atoms with E-state index in [1.165, 1.54) is 10.9 Å². The zero-order valence-corrected chi connectivity index (χ0v) is 20.6. The third-order valence-electron chi connectivity index (χ3n) is 6.08. The summed E-state index contributed by atoms with van der Waals surface area (Å²) in [5.41, 5.74) is 3.16. The number of anilines is 1. The fourth-order valence-corrected chi connectivity index (χ4v) is 5.63. The van der Waals surface area contributed by atoms with Gasteiger partial charge in [0.05, 0.1) is 10.5 Å². The molecule has 7 nitrogen and oxygen atoms in total. The van der Waals surface area contributed by atoms with Gasteiger partial charge in [-0.1, -0.05) is 72.8 Å². The highest BCUT2D eigenvalue weighted by Crippen LogP contribution is 2.47. The maximum atomic E-state index is 14.2. The van der Waals surface area contributed by atoms with Crippen molar-refractivity contribution in [3.8, 4) is 22.3 Å². The van der Waals surface area contributed by atoms with Gasteiger partial charge in [0.25, 0.3) is 5.91 Å². The molecule has 8 heteroatoms. The first-order valence-electron chi connectivity index (χ1n) is 11.3. The number of nitrogens with zero attached hydrogens (tertiary/aromatic N) is 3. The summed E-state index contributed by atoms with van der Waals surface area (Å²) in [6.45, 7) is 0. The number of hydrogen-bond donors (Lipinski definition) is 1. The molecule has 0 saturated carbocycles. The van der Waals surface area contributed by atoms with Crippen molar-refractivity contribution >= 4 is 32.4 Å². The SMILES string of the molecule is CN(C)c1cccc2c(S(N)(=O)=O)c(-c3ccccc3)c(C(=O)n3cccn3)c(-c3ccccc3)c12. The molecule has 2 N–H and O–H groups in total. The average Bonchev–Trinajstić information content (AvgIpc) is 3.42. The Hall–Kier alpha value is -4.27. The molecule has 0 radical (unpaired) electrons. The van der Waals surface area contributed by atoms with Crippen molar-refractivity contribution in [2.45, 2.75) is 4.90 Å². The third kappa shape index (κ3) is 3.96. The van der Waals surface area contributed by atoms with Crippen molar-refractivity contribution in [3.05, 3.63) is 103 Å². The summed E-state index contributed by atoms with van der Waals surface area (Å²) in [4.78, 5) is 16.0. The molecule has 0 atom stereocenters. The van der Waals surface area contributed by atoms with Crippen LogP contribution in [-0.4, -0.2) is 38.2 Å². The third-order valence-corrected chi connectivity index (χ3v) is 7.07. The molecule has 0 aliphatic rings. The minimum Gasteiger partial charge on any atom is -0.377 e. The summed E-state index contributed by atoms with van der Waals surface area (Å²) < 4.78 is 27.7. The summed E-state index contributed by atoms with van der Waals surface area (Å²) in [7, 11) is -0.524. The van der Waals surface area contributed by atoms with E-state index >= 15 is 0 Å². The number of hydrogen-bond acceptors (Lipinski definition) is 5. The molecule has 0 aliphatic carbocycles. The Morgan fingerprint density at radius 3 is 1.97 bits per heavy atom. The normalized spacial score (nSPS) is 11.5. The molecule has 5 aromatic rings. The molecule has 0 spiro atoms. The van der Waals surface area contributed by atoms with Crippen molar-refractivity contribution < 1.29 is 13.2 Å². The van der Waals surface area contributed by atoms with Crippen LogP contribution in [0.5, 0.6) is 0 Å². The molecule has 1 heterocycles. The van der Waals surface area contributed by atoms with Gasteiger partial charge in [-0.3, -0.25) is 4.79 Å². The van der Waals surface area contributed by atoms with Gasteiger partial charge < -0.3 is 4.90 Å². The summed E-state index contributed by atoms with van der Waals surface area (Å²) in [6, 6.07) is 25.5. The predicted octanol–water partition coefficient (Wildman–Crippen LogP) is 4.77. The molecule has 180 valence electrons. The van der Waals surface area contributed by atoms with Gasteiger partial charge in [0.2, 0.25) is 10.0 Å². The Balaban J connectivity index is 2.14. The first-order chi connectivity index (χ1) is 17.3. The second-order valence-electron chi connectivity index (χ2n) is 8.58. The minimum atomic E-state index is -4.27. The molecule has 4 aromatic carbocycles. The van der Waals surface area contributed by atoms with E-state index in [1.54, 1.807) is 48.7 Å². The van der Waals surface area contributed by atoms with Crippen LogP contribution in [-0.2, 0) is 10.0 Å². The average molecular weight is 497 g/mol. The number of aromatic nitrogens is 2.